The first-order valence-corrected chi connectivity index (χ1v) is 6.49. The maximum Gasteiger partial charge on any atom is 0.234 e. The van der Waals surface area contributed by atoms with Crippen molar-refractivity contribution in [3.8, 4) is 0 Å². The maximum atomic E-state index is 13.5. The molecule has 106 valence electrons. The Labute approximate surface area is 114 Å². The Bertz CT molecular complexity index is 452. The van der Waals surface area contributed by atoms with E-state index in [0.717, 1.165) is 5.56 Å². The Morgan fingerprint density at radius 3 is 2.53 bits per heavy atom. The van der Waals surface area contributed by atoms with Crippen LogP contribution in [0.3, 0.4) is 0 Å². The van der Waals surface area contributed by atoms with E-state index in [-0.39, 0.29) is 29.8 Å². The molecular weight excluding hydrogens is 243 g/mol. The number of amides is 1. The molecule has 0 heterocycles. The van der Waals surface area contributed by atoms with Crippen LogP contribution in [0.5, 0.6) is 0 Å². The van der Waals surface area contributed by atoms with Crippen LogP contribution in [0.4, 0.5) is 4.39 Å². The molecule has 0 bridgehead atoms. The van der Waals surface area contributed by atoms with Gasteiger partial charge in [0, 0.05) is 11.6 Å². The molecule has 1 amide bonds. The first kappa shape index (κ1) is 15.6. The van der Waals surface area contributed by atoms with Gasteiger partial charge in [-0.3, -0.25) is 4.79 Å². The summed E-state index contributed by atoms with van der Waals surface area (Å²) in [6, 6.07) is 5.06. The minimum Gasteiger partial charge on any atom is -0.350 e. The summed E-state index contributed by atoms with van der Waals surface area (Å²) in [5, 5.41) is 5.96. The summed E-state index contributed by atoms with van der Waals surface area (Å²) in [5.74, 6) is -0.280. The topological polar surface area (TPSA) is 41.1 Å². The van der Waals surface area contributed by atoms with Crippen molar-refractivity contribution < 1.29 is 9.18 Å². The van der Waals surface area contributed by atoms with E-state index in [9.17, 15) is 9.18 Å². The number of rotatable bonds is 4. The molecule has 2 N–H and O–H groups in total. The molecular formula is C15H23FN2O. The first-order chi connectivity index (χ1) is 8.69. The molecule has 0 saturated heterocycles. The van der Waals surface area contributed by atoms with E-state index in [2.05, 4.69) is 10.6 Å². The lowest BCUT2D eigenvalue weighted by Gasteiger charge is -2.22. The van der Waals surface area contributed by atoms with Crippen LogP contribution >= 0.6 is 0 Å². The van der Waals surface area contributed by atoms with E-state index in [1.165, 1.54) is 6.07 Å². The van der Waals surface area contributed by atoms with Gasteiger partial charge in [-0.25, -0.2) is 4.39 Å². The average molecular weight is 266 g/mol. The monoisotopic (exact) mass is 266 g/mol. The molecule has 0 aliphatic carbocycles. The minimum absolute atomic E-state index is 0.0630. The normalized spacial score (nSPS) is 13.2. The van der Waals surface area contributed by atoms with Gasteiger partial charge < -0.3 is 10.6 Å². The average Bonchev–Trinajstić information content (AvgIpc) is 2.27. The summed E-state index contributed by atoms with van der Waals surface area (Å²) < 4.78 is 13.5. The lowest BCUT2D eigenvalue weighted by Crippen LogP contribution is -2.45. The highest BCUT2D eigenvalue weighted by Crippen LogP contribution is 2.15. The van der Waals surface area contributed by atoms with E-state index >= 15 is 0 Å². The van der Waals surface area contributed by atoms with Gasteiger partial charge in [-0.15, -0.1) is 0 Å². The van der Waals surface area contributed by atoms with Gasteiger partial charge in [0.15, 0.2) is 0 Å². The van der Waals surface area contributed by atoms with Crippen LogP contribution in [0.1, 0.15) is 44.9 Å². The van der Waals surface area contributed by atoms with Crippen LogP contribution in [0.25, 0.3) is 0 Å². The number of benzene rings is 1. The molecule has 0 aromatic heterocycles. The van der Waals surface area contributed by atoms with Gasteiger partial charge in [-0.1, -0.05) is 12.1 Å². The fourth-order valence-electron chi connectivity index (χ4n) is 1.70. The van der Waals surface area contributed by atoms with Crippen molar-refractivity contribution in [2.45, 2.75) is 46.2 Å². The largest absolute Gasteiger partial charge is 0.350 e. The summed E-state index contributed by atoms with van der Waals surface area (Å²) in [6.07, 6.45) is 0. The number of nitrogens with one attached hydrogen (secondary N) is 2. The van der Waals surface area contributed by atoms with Gasteiger partial charge in [-0.2, -0.15) is 0 Å². The molecule has 19 heavy (non-hydrogen) atoms. The maximum absolute atomic E-state index is 13.5. The Morgan fingerprint density at radius 2 is 2.00 bits per heavy atom. The Morgan fingerprint density at radius 1 is 1.37 bits per heavy atom. The number of carbonyl (C=O) groups is 1. The molecule has 0 aliphatic heterocycles. The van der Waals surface area contributed by atoms with Crippen molar-refractivity contribution in [2.75, 3.05) is 6.54 Å². The SMILES string of the molecule is Cc1ccc(C(C)NCC(=O)NC(C)(C)C)cc1F. The highest BCUT2D eigenvalue weighted by atomic mass is 19.1. The number of aryl methyl sites for hydroxylation is 1. The molecule has 0 spiro atoms. The van der Waals surface area contributed by atoms with E-state index in [0.29, 0.717) is 5.56 Å². The van der Waals surface area contributed by atoms with Gasteiger partial charge in [0.05, 0.1) is 6.54 Å². The van der Waals surface area contributed by atoms with Crippen LogP contribution in [-0.4, -0.2) is 18.0 Å². The zero-order chi connectivity index (χ0) is 14.6. The standard InChI is InChI=1S/C15H23FN2O/c1-10-6-7-12(8-13(10)16)11(2)17-9-14(19)18-15(3,4)5/h6-8,11,17H,9H2,1-5H3,(H,18,19). The van der Waals surface area contributed by atoms with Crippen molar-refractivity contribution in [2.24, 2.45) is 0 Å². The molecule has 0 radical (unpaired) electrons. The number of hydrogen-bond acceptors (Lipinski definition) is 2. The lowest BCUT2D eigenvalue weighted by molar-refractivity contribution is -0.121. The van der Waals surface area contributed by atoms with Crippen LogP contribution in [0.15, 0.2) is 18.2 Å². The molecule has 0 saturated carbocycles. The van der Waals surface area contributed by atoms with Gasteiger partial charge in [0.25, 0.3) is 0 Å². The summed E-state index contributed by atoms with van der Waals surface area (Å²) >= 11 is 0. The van der Waals surface area contributed by atoms with Gasteiger partial charge in [0.1, 0.15) is 5.82 Å². The van der Waals surface area contributed by atoms with Gasteiger partial charge in [0.2, 0.25) is 5.91 Å². The molecule has 1 unspecified atom stereocenters. The second-order valence-corrected chi connectivity index (χ2v) is 5.91. The van der Waals surface area contributed by atoms with Crippen LogP contribution in [0.2, 0.25) is 0 Å². The molecule has 1 rings (SSSR count). The molecule has 1 aromatic carbocycles. The smallest absolute Gasteiger partial charge is 0.234 e. The fourth-order valence-corrected chi connectivity index (χ4v) is 1.70. The predicted octanol–water partition coefficient (Wildman–Crippen LogP) is 2.70. The molecule has 1 aromatic rings. The van der Waals surface area contributed by atoms with Crippen molar-refractivity contribution in [1.29, 1.82) is 0 Å². The lowest BCUT2D eigenvalue weighted by atomic mass is 10.1. The zero-order valence-corrected chi connectivity index (χ0v) is 12.3. The van der Waals surface area contributed by atoms with Gasteiger partial charge in [-0.05, 0) is 51.8 Å². The van der Waals surface area contributed by atoms with Crippen molar-refractivity contribution >= 4 is 5.91 Å². The quantitative estimate of drug-likeness (QED) is 0.879. The Balaban J connectivity index is 2.53. The third-order valence-corrected chi connectivity index (χ3v) is 2.78. The third-order valence-electron chi connectivity index (χ3n) is 2.78. The highest BCUT2D eigenvalue weighted by molar-refractivity contribution is 5.78. The zero-order valence-electron chi connectivity index (χ0n) is 12.3. The minimum atomic E-state index is -0.238. The van der Waals surface area contributed by atoms with Crippen molar-refractivity contribution in [3.63, 3.8) is 0 Å². The van der Waals surface area contributed by atoms with Crippen molar-refractivity contribution in [3.05, 3.63) is 35.1 Å². The predicted molar refractivity (Wildman–Crippen MR) is 75.5 cm³/mol. The van der Waals surface area contributed by atoms with Crippen LogP contribution in [0, 0.1) is 12.7 Å². The third kappa shape index (κ3) is 5.39. The molecule has 0 fully saturated rings. The van der Waals surface area contributed by atoms with Crippen molar-refractivity contribution in [1.82, 2.24) is 10.6 Å². The Kier molecular flexibility index (Phi) is 5.06. The summed E-state index contributed by atoms with van der Waals surface area (Å²) in [4.78, 5) is 11.7. The molecule has 3 nitrogen and oxygen atoms in total. The van der Waals surface area contributed by atoms with Crippen LogP contribution in [-0.2, 0) is 4.79 Å². The number of carbonyl (C=O) groups excluding carboxylic acids is 1. The molecule has 4 heteroatoms. The molecule has 1 atom stereocenters. The van der Waals surface area contributed by atoms with Gasteiger partial charge >= 0.3 is 0 Å². The van der Waals surface area contributed by atoms with E-state index in [1.807, 2.05) is 33.8 Å². The van der Waals surface area contributed by atoms with Crippen LogP contribution < -0.4 is 10.6 Å². The summed E-state index contributed by atoms with van der Waals surface area (Å²) in [6.45, 7) is 9.66. The Hall–Kier alpha value is -1.42. The van der Waals surface area contributed by atoms with E-state index < -0.39 is 0 Å². The fraction of sp³-hybridized carbons (Fsp3) is 0.533. The highest BCUT2D eigenvalue weighted by Gasteiger charge is 2.14. The second-order valence-electron chi connectivity index (χ2n) is 5.91. The summed E-state index contributed by atoms with van der Waals surface area (Å²) in [5.41, 5.74) is 1.23. The van der Waals surface area contributed by atoms with E-state index in [4.69, 9.17) is 0 Å². The summed E-state index contributed by atoms with van der Waals surface area (Å²) in [7, 11) is 0. The first-order valence-electron chi connectivity index (χ1n) is 6.49. The number of halogens is 1. The van der Waals surface area contributed by atoms with E-state index in [1.54, 1.807) is 13.0 Å². The molecule has 0 aliphatic rings. The number of hydrogen-bond donors (Lipinski definition) is 2. The second kappa shape index (κ2) is 6.15.